The van der Waals surface area contributed by atoms with E-state index in [1.165, 1.54) is 0 Å². The molecular weight excluding hydrogens is 261 g/mol. The number of nitrogens with one attached hydrogen (secondary N) is 1. The highest BCUT2D eigenvalue weighted by Gasteiger charge is 2.32. The highest BCUT2D eigenvalue weighted by molar-refractivity contribution is 7.86. The van der Waals surface area contributed by atoms with E-state index in [9.17, 15) is 17.1 Å². The van der Waals surface area contributed by atoms with Gasteiger partial charge in [0.15, 0.2) is 0 Å². The van der Waals surface area contributed by atoms with Crippen LogP contribution in [0.4, 0.5) is 3.89 Å². The Bertz CT molecular complexity index is 514. The van der Waals surface area contributed by atoms with E-state index in [1.807, 2.05) is 0 Å². The zero-order chi connectivity index (χ0) is 13.2. The van der Waals surface area contributed by atoms with Crippen LogP contribution in [0.1, 0.15) is 12.0 Å². The lowest BCUT2D eigenvalue weighted by atomic mass is 10.1. The van der Waals surface area contributed by atoms with Gasteiger partial charge in [-0.05, 0) is 12.0 Å². The first kappa shape index (κ1) is 13.0. The topological polar surface area (TPSA) is 83.1 Å². The maximum Gasteiger partial charge on any atom is 0.302 e. The summed E-state index contributed by atoms with van der Waals surface area (Å²) in [6.45, 7) is 0.807. The molecule has 1 fully saturated rings. The number of carbonyl (C=O) groups excluding carboxylic acids is 1. The number of hydrogen-bond acceptors (Lipinski definition) is 4. The van der Waals surface area contributed by atoms with Crippen LogP contribution in [0.3, 0.4) is 0 Å². The third-order valence-corrected chi connectivity index (χ3v) is 3.82. The van der Waals surface area contributed by atoms with E-state index in [0.29, 0.717) is 19.5 Å². The number of halogens is 1. The normalized spacial score (nSPS) is 20.6. The largest absolute Gasteiger partial charge is 0.342 e. The number of aromatic amines is 1. The summed E-state index contributed by atoms with van der Waals surface area (Å²) in [6, 6.07) is 0. The van der Waals surface area contributed by atoms with Gasteiger partial charge in [0.1, 0.15) is 0 Å². The van der Waals surface area contributed by atoms with Gasteiger partial charge in [0.25, 0.3) is 0 Å². The predicted molar refractivity (Wildman–Crippen MR) is 61.9 cm³/mol. The average molecular weight is 275 g/mol. The van der Waals surface area contributed by atoms with Crippen molar-refractivity contribution in [2.24, 2.45) is 5.92 Å². The van der Waals surface area contributed by atoms with E-state index in [2.05, 4.69) is 10.2 Å². The van der Waals surface area contributed by atoms with E-state index in [4.69, 9.17) is 0 Å². The van der Waals surface area contributed by atoms with E-state index in [-0.39, 0.29) is 12.3 Å². The second-order valence-electron chi connectivity index (χ2n) is 4.47. The first-order valence-electron chi connectivity index (χ1n) is 5.62. The SMILES string of the molecule is O=C1CC(CS(=O)(=O)F)CN1CCc1cn[nH]c1. The average Bonchev–Trinajstić information content (AvgIpc) is 2.83. The highest BCUT2D eigenvalue weighted by Crippen LogP contribution is 2.20. The van der Waals surface area contributed by atoms with Crippen molar-refractivity contribution in [2.75, 3.05) is 18.8 Å². The Balaban J connectivity index is 1.86. The fraction of sp³-hybridized carbons (Fsp3) is 0.600. The molecule has 8 heteroatoms. The lowest BCUT2D eigenvalue weighted by Gasteiger charge is -2.15. The minimum Gasteiger partial charge on any atom is -0.342 e. The van der Waals surface area contributed by atoms with Gasteiger partial charge in [-0.2, -0.15) is 13.5 Å². The minimum atomic E-state index is -4.51. The van der Waals surface area contributed by atoms with Crippen LogP contribution < -0.4 is 0 Å². The van der Waals surface area contributed by atoms with E-state index >= 15 is 0 Å². The van der Waals surface area contributed by atoms with E-state index in [1.54, 1.807) is 17.3 Å². The first-order chi connectivity index (χ1) is 8.44. The summed E-state index contributed by atoms with van der Waals surface area (Å²) in [6.07, 6.45) is 4.17. The van der Waals surface area contributed by atoms with Gasteiger partial charge in [-0.25, -0.2) is 0 Å². The molecule has 100 valence electrons. The van der Waals surface area contributed by atoms with Gasteiger partial charge < -0.3 is 4.90 Å². The molecular formula is C10H14FN3O3S. The Kier molecular flexibility index (Phi) is 3.65. The van der Waals surface area contributed by atoms with Gasteiger partial charge in [-0.1, -0.05) is 0 Å². The quantitative estimate of drug-likeness (QED) is 0.773. The minimum absolute atomic E-state index is 0.106. The molecule has 1 aromatic heterocycles. The molecule has 0 bridgehead atoms. The molecule has 2 heterocycles. The molecule has 0 spiro atoms. The van der Waals surface area contributed by atoms with E-state index < -0.39 is 21.9 Å². The highest BCUT2D eigenvalue weighted by atomic mass is 32.3. The number of likely N-dealkylation sites (tertiary alicyclic amines) is 1. The number of nitrogens with zero attached hydrogens (tertiary/aromatic N) is 2. The number of hydrogen-bond donors (Lipinski definition) is 1. The second kappa shape index (κ2) is 5.05. The van der Waals surface area contributed by atoms with Crippen LogP contribution in [-0.4, -0.2) is 48.3 Å². The number of carbonyl (C=O) groups is 1. The summed E-state index contributed by atoms with van der Waals surface area (Å²) in [4.78, 5) is 13.2. The molecule has 1 aliphatic heterocycles. The molecule has 2 rings (SSSR count). The summed E-state index contributed by atoms with van der Waals surface area (Å²) in [5.74, 6) is -1.12. The van der Waals surface area contributed by atoms with Crippen LogP contribution in [0, 0.1) is 5.92 Å². The summed E-state index contributed by atoms with van der Waals surface area (Å²) in [7, 11) is -4.51. The molecule has 0 aliphatic carbocycles. The van der Waals surface area contributed by atoms with Gasteiger partial charge >= 0.3 is 10.2 Å². The van der Waals surface area contributed by atoms with Crippen molar-refractivity contribution in [3.8, 4) is 0 Å². The number of H-pyrrole nitrogens is 1. The van der Waals surface area contributed by atoms with Crippen LogP contribution in [-0.2, 0) is 21.4 Å². The lowest BCUT2D eigenvalue weighted by Crippen LogP contribution is -2.28. The third kappa shape index (κ3) is 3.52. The van der Waals surface area contributed by atoms with Gasteiger partial charge in [-0.3, -0.25) is 9.89 Å². The standard InChI is InChI=1S/C10H14FN3O3S/c11-18(16,17)7-9-3-10(15)14(6-9)2-1-8-4-12-13-5-8/h4-5,9H,1-3,6-7H2,(H,12,13). The van der Waals surface area contributed by atoms with Crippen molar-refractivity contribution >= 4 is 16.1 Å². The fourth-order valence-electron chi connectivity index (χ4n) is 2.14. The Morgan fingerprint density at radius 2 is 2.33 bits per heavy atom. The molecule has 1 aliphatic rings. The Morgan fingerprint density at radius 3 is 2.94 bits per heavy atom. The summed E-state index contributed by atoms with van der Waals surface area (Å²) in [5, 5.41) is 6.47. The second-order valence-corrected chi connectivity index (χ2v) is 5.88. The lowest BCUT2D eigenvalue weighted by molar-refractivity contribution is -0.127. The molecule has 1 atom stereocenters. The summed E-state index contributed by atoms with van der Waals surface area (Å²) >= 11 is 0. The van der Waals surface area contributed by atoms with Gasteiger partial charge in [0, 0.05) is 31.6 Å². The van der Waals surface area contributed by atoms with Crippen LogP contribution in [0.15, 0.2) is 12.4 Å². The molecule has 1 N–H and O–H groups in total. The Hall–Kier alpha value is -1.44. The number of amides is 1. The molecule has 1 saturated heterocycles. The van der Waals surface area contributed by atoms with Crippen molar-refractivity contribution in [1.29, 1.82) is 0 Å². The van der Waals surface area contributed by atoms with Gasteiger partial charge in [0.2, 0.25) is 5.91 Å². The fourth-order valence-corrected chi connectivity index (χ4v) is 2.93. The van der Waals surface area contributed by atoms with Crippen LogP contribution in [0.2, 0.25) is 0 Å². The molecule has 1 aromatic rings. The zero-order valence-electron chi connectivity index (χ0n) is 9.67. The molecule has 1 unspecified atom stereocenters. The third-order valence-electron chi connectivity index (χ3n) is 2.95. The summed E-state index contributed by atoms with van der Waals surface area (Å²) < 4.78 is 33.6. The Morgan fingerprint density at radius 1 is 1.56 bits per heavy atom. The molecule has 0 aromatic carbocycles. The molecule has 0 saturated carbocycles. The predicted octanol–water partition coefficient (Wildman–Crippen LogP) is 0.1000. The van der Waals surface area contributed by atoms with Crippen LogP contribution >= 0.6 is 0 Å². The number of rotatable bonds is 5. The summed E-state index contributed by atoms with van der Waals surface area (Å²) in [5.41, 5.74) is 0.976. The van der Waals surface area contributed by atoms with Crippen LogP contribution in [0.5, 0.6) is 0 Å². The maximum atomic E-state index is 12.5. The molecule has 6 nitrogen and oxygen atoms in total. The van der Waals surface area contributed by atoms with Crippen molar-refractivity contribution < 1.29 is 17.1 Å². The number of aromatic nitrogens is 2. The van der Waals surface area contributed by atoms with Gasteiger partial charge in [0.05, 0.1) is 11.9 Å². The smallest absolute Gasteiger partial charge is 0.302 e. The molecule has 0 radical (unpaired) electrons. The van der Waals surface area contributed by atoms with E-state index in [0.717, 1.165) is 5.56 Å². The monoisotopic (exact) mass is 275 g/mol. The Labute approximate surface area is 104 Å². The maximum absolute atomic E-state index is 12.5. The van der Waals surface area contributed by atoms with Gasteiger partial charge in [-0.15, -0.1) is 3.89 Å². The van der Waals surface area contributed by atoms with Crippen molar-refractivity contribution in [3.63, 3.8) is 0 Å². The zero-order valence-corrected chi connectivity index (χ0v) is 10.5. The first-order valence-corrected chi connectivity index (χ1v) is 7.17. The molecule has 1 amide bonds. The van der Waals surface area contributed by atoms with Crippen LogP contribution in [0.25, 0.3) is 0 Å². The van der Waals surface area contributed by atoms with Crippen molar-refractivity contribution in [2.45, 2.75) is 12.8 Å². The molecule has 18 heavy (non-hydrogen) atoms. The van der Waals surface area contributed by atoms with Crippen molar-refractivity contribution in [1.82, 2.24) is 15.1 Å². The van der Waals surface area contributed by atoms with Crippen molar-refractivity contribution in [3.05, 3.63) is 18.0 Å².